The minimum Gasteiger partial charge on any atom is -0.384 e. The lowest BCUT2D eigenvalue weighted by Crippen LogP contribution is -2.11. The van der Waals surface area contributed by atoms with Crippen molar-refractivity contribution in [1.29, 1.82) is 5.41 Å². The van der Waals surface area contributed by atoms with Crippen molar-refractivity contribution in [1.82, 2.24) is 9.78 Å². The number of hydrogen-bond donors (Lipinski definition) is 2. The number of nitrogens with one attached hydrogen (secondary N) is 1. The maximum absolute atomic E-state index is 7.31. The highest BCUT2D eigenvalue weighted by atomic mass is 15.3. The van der Waals surface area contributed by atoms with E-state index in [1.165, 1.54) is 0 Å². The quantitative estimate of drug-likeness (QED) is 0.591. The predicted octanol–water partition coefficient (Wildman–Crippen LogP) is 1.77. The zero-order valence-electron chi connectivity index (χ0n) is 9.36. The number of rotatable bonds is 2. The number of nitrogen functional groups attached to an aromatic ring is 1. The molecule has 0 aliphatic heterocycles. The van der Waals surface area contributed by atoms with Crippen molar-refractivity contribution in [3.63, 3.8) is 0 Å². The van der Waals surface area contributed by atoms with Crippen molar-refractivity contribution in [3.8, 4) is 5.69 Å². The van der Waals surface area contributed by atoms with E-state index in [0.717, 1.165) is 22.6 Å². The van der Waals surface area contributed by atoms with Crippen LogP contribution in [0.1, 0.15) is 17.0 Å². The minimum absolute atomic E-state index is 0.0833. The fourth-order valence-corrected chi connectivity index (χ4v) is 1.67. The summed E-state index contributed by atoms with van der Waals surface area (Å²) in [4.78, 5) is 0. The summed E-state index contributed by atoms with van der Waals surface area (Å²) in [5, 5.41) is 11.7. The fraction of sp³-hybridized carbons (Fsp3) is 0.167. The van der Waals surface area contributed by atoms with Crippen LogP contribution in [0.25, 0.3) is 5.69 Å². The SMILES string of the molecule is Cc1cc(C)n(-c2ccc(C(=N)N)cc2)n1. The Hall–Kier alpha value is -2.10. The van der Waals surface area contributed by atoms with Crippen molar-refractivity contribution < 1.29 is 0 Å². The van der Waals surface area contributed by atoms with Gasteiger partial charge in [-0.1, -0.05) is 0 Å². The second kappa shape index (κ2) is 3.81. The number of aromatic nitrogens is 2. The van der Waals surface area contributed by atoms with Gasteiger partial charge in [0, 0.05) is 11.3 Å². The molecule has 0 spiro atoms. The van der Waals surface area contributed by atoms with Crippen molar-refractivity contribution >= 4 is 5.84 Å². The monoisotopic (exact) mass is 214 g/mol. The van der Waals surface area contributed by atoms with Gasteiger partial charge in [0.25, 0.3) is 0 Å². The Bertz CT molecular complexity index is 522. The van der Waals surface area contributed by atoms with E-state index in [0.29, 0.717) is 0 Å². The Morgan fingerprint density at radius 2 is 1.88 bits per heavy atom. The van der Waals surface area contributed by atoms with Gasteiger partial charge >= 0.3 is 0 Å². The summed E-state index contributed by atoms with van der Waals surface area (Å²) in [7, 11) is 0. The van der Waals surface area contributed by atoms with E-state index < -0.39 is 0 Å². The second-order valence-electron chi connectivity index (χ2n) is 3.80. The Morgan fingerprint density at radius 1 is 1.25 bits per heavy atom. The molecule has 2 aromatic rings. The molecule has 0 aliphatic carbocycles. The van der Waals surface area contributed by atoms with Gasteiger partial charge in [0.15, 0.2) is 0 Å². The molecule has 0 aliphatic rings. The van der Waals surface area contributed by atoms with Crippen molar-refractivity contribution in [2.45, 2.75) is 13.8 Å². The van der Waals surface area contributed by atoms with E-state index in [-0.39, 0.29) is 5.84 Å². The maximum atomic E-state index is 7.31. The van der Waals surface area contributed by atoms with Gasteiger partial charge in [0.1, 0.15) is 5.84 Å². The van der Waals surface area contributed by atoms with Crippen molar-refractivity contribution in [3.05, 3.63) is 47.3 Å². The van der Waals surface area contributed by atoms with Gasteiger partial charge in [-0.2, -0.15) is 5.10 Å². The molecule has 0 unspecified atom stereocenters. The highest BCUT2D eigenvalue weighted by Gasteiger charge is 2.03. The number of benzene rings is 1. The van der Waals surface area contributed by atoms with E-state index in [1.807, 2.05) is 48.9 Å². The predicted molar refractivity (Wildman–Crippen MR) is 64.1 cm³/mol. The van der Waals surface area contributed by atoms with Gasteiger partial charge < -0.3 is 5.73 Å². The first kappa shape index (κ1) is 10.4. The highest BCUT2D eigenvalue weighted by Crippen LogP contribution is 2.12. The molecule has 0 atom stereocenters. The number of hydrogen-bond acceptors (Lipinski definition) is 2. The molecule has 4 heteroatoms. The molecule has 0 saturated carbocycles. The molecule has 2 rings (SSSR count). The van der Waals surface area contributed by atoms with Gasteiger partial charge in [-0.3, -0.25) is 5.41 Å². The van der Waals surface area contributed by atoms with Crippen LogP contribution < -0.4 is 5.73 Å². The topological polar surface area (TPSA) is 67.7 Å². The Labute approximate surface area is 94.2 Å². The van der Waals surface area contributed by atoms with Crippen LogP contribution in [0.2, 0.25) is 0 Å². The molecule has 0 bridgehead atoms. The third kappa shape index (κ3) is 1.82. The lowest BCUT2D eigenvalue weighted by molar-refractivity contribution is 0.833. The third-order valence-electron chi connectivity index (χ3n) is 2.43. The lowest BCUT2D eigenvalue weighted by atomic mass is 10.2. The lowest BCUT2D eigenvalue weighted by Gasteiger charge is -2.05. The van der Waals surface area contributed by atoms with Crippen LogP contribution in [0.3, 0.4) is 0 Å². The number of nitrogens with zero attached hydrogens (tertiary/aromatic N) is 2. The Kier molecular flexibility index (Phi) is 2.48. The summed E-state index contributed by atoms with van der Waals surface area (Å²) in [6, 6.07) is 9.51. The molecule has 1 heterocycles. The van der Waals surface area contributed by atoms with Crippen LogP contribution in [-0.4, -0.2) is 15.6 Å². The maximum Gasteiger partial charge on any atom is 0.122 e. The van der Waals surface area contributed by atoms with Crippen LogP contribution in [0.4, 0.5) is 0 Å². The zero-order valence-corrected chi connectivity index (χ0v) is 9.36. The van der Waals surface area contributed by atoms with Gasteiger partial charge in [0.05, 0.1) is 11.4 Å². The van der Waals surface area contributed by atoms with E-state index in [2.05, 4.69) is 5.10 Å². The summed E-state index contributed by atoms with van der Waals surface area (Å²) >= 11 is 0. The molecular weight excluding hydrogens is 200 g/mol. The summed E-state index contributed by atoms with van der Waals surface area (Å²) in [6.07, 6.45) is 0. The van der Waals surface area contributed by atoms with E-state index in [1.54, 1.807) is 0 Å². The average Bonchev–Trinajstić information content (AvgIpc) is 2.58. The van der Waals surface area contributed by atoms with Gasteiger partial charge in [-0.15, -0.1) is 0 Å². The molecule has 16 heavy (non-hydrogen) atoms. The standard InChI is InChI=1S/C12H14N4/c1-8-7-9(2)16(15-8)11-5-3-10(4-6-11)12(13)14/h3-7H,1-2H3,(H3,13,14). The van der Waals surface area contributed by atoms with Crippen molar-refractivity contribution in [2.24, 2.45) is 5.73 Å². The van der Waals surface area contributed by atoms with Crippen molar-refractivity contribution in [2.75, 3.05) is 0 Å². The molecule has 82 valence electrons. The van der Waals surface area contributed by atoms with Gasteiger partial charge in [0.2, 0.25) is 0 Å². The zero-order chi connectivity index (χ0) is 11.7. The van der Waals surface area contributed by atoms with Crippen LogP contribution in [0.15, 0.2) is 30.3 Å². The smallest absolute Gasteiger partial charge is 0.122 e. The van der Waals surface area contributed by atoms with Crippen LogP contribution in [0, 0.1) is 19.3 Å². The molecule has 0 amide bonds. The largest absolute Gasteiger partial charge is 0.384 e. The second-order valence-corrected chi connectivity index (χ2v) is 3.80. The number of amidine groups is 1. The van der Waals surface area contributed by atoms with Gasteiger partial charge in [-0.25, -0.2) is 4.68 Å². The third-order valence-corrected chi connectivity index (χ3v) is 2.43. The molecule has 1 aromatic carbocycles. The first-order valence-electron chi connectivity index (χ1n) is 5.06. The van der Waals surface area contributed by atoms with Crippen LogP contribution in [-0.2, 0) is 0 Å². The molecule has 3 N–H and O–H groups in total. The summed E-state index contributed by atoms with van der Waals surface area (Å²) in [5.74, 6) is 0.0833. The van der Waals surface area contributed by atoms with E-state index in [4.69, 9.17) is 11.1 Å². The van der Waals surface area contributed by atoms with Gasteiger partial charge in [-0.05, 0) is 44.2 Å². The van der Waals surface area contributed by atoms with E-state index >= 15 is 0 Å². The molecule has 4 nitrogen and oxygen atoms in total. The van der Waals surface area contributed by atoms with Crippen LogP contribution in [0.5, 0.6) is 0 Å². The minimum atomic E-state index is 0.0833. The number of aryl methyl sites for hydroxylation is 2. The summed E-state index contributed by atoms with van der Waals surface area (Å²) < 4.78 is 1.87. The molecular formula is C12H14N4. The molecule has 0 radical (unpaired) electrons. The first-order chi connectivity index (χ1) is 7.58. The average molecular weight is 214 g/mol. The normalized spacial score (nSPS) is 10.4. The number of nitrogens with two attached hydrogens (primary N) is 1. The summed E-state index contributed by atoms with van der Waals surface area (Å²) in [6.45, 7) is 3.98. The van der Waals surface area contributed by atoms with E-state index in [9.17, 15) is 0 Å². The fourth-order valence-electron chi connectivity index (χ4n) is 1.67. The van der Waals surface area contributed by atoms with Crippen LogP contribution >= 0.6 is 0 Å². The molecule has 1 aromatic heterocycles. The Morgan fingerprint density at radius 3 is 2.31 bits per heavy atom. The highest BCUT2D eigenvalue weighted by molar-refractivity contribution is 5.95. The molecule has 0 fully saturated rings. The summed E-state index contributed by atoms with van der Waals surface area (Å²) in [5.41, 5.74) is 9.19. The molecule has 0 saturated heterocycles. The first-order valence-corrected chi connectivity index (χ1v) is 5.06. The Balaban J connectivity index is 2.42.